The number of hydrogen-bond acceptors (Lipinski definition) is 2. The molecule has 0 saturated heterocycles. The van der Waals surface area contributed by atoms with Crippen LogP contribution in [0.1, 0.15) is 68.3 Å². The third-order valence-corrected chi connectivity index (χ3v) is 6.17. The van der Waals surface area contributed by atoms with E-state index in [0.29, 0.717) is 6.61 Å². The molecule has 0 atom stereocenters. The Bertz CT molecular complexity index is 1200. The number of nitrogens with zero attached hydrogens (tertiary/aromatic N) is 1. The van der Waals surface area contributed by atoms with Gasteiger partial charge in [0.2, 0.25) is 0 Å². The van der Waals surface area contributed by atoms with E-state index in [4.69, 9.17) is 4.74 Å². The molecule has 0 spiro atoms. The van der Waals surface area contributed by atoms with Crippen LogP contribution in [0.2, 0.25) is 0 Å². The lowest BCUT2D eigenvalue weighted by Gasteiger charge is -2.12. The smallest absolute Gasteiger partial charge is 0.195 e. The lowest BCUT2D eigenvalue weighted by molar-refractivity contribution is 0.104. The third kappa shape index (κ3) is 4.57. The molecule has 0 bridgehead atoms. The first kappa shape index (κ1) is 22.1. The molecule has 4 aromatic rings. The Kier molecular flexibility index (Phi) is 7.26. The van der Waals surface area contributed by atoms with E-state index in [2.05, 4.69) is 36.6 Å². The number of unbranched alkanes of at least 4 members (excludes halogenated alkanes) is 4. The van der Waals surface area contributed by atoms with Gasteiger partial charge in [0, 0.05) is 40.2 Å². The first-order valence-electron chi connectivity index (χ1n) is 12.0. The first-order chi connectivity index (χ1) is 15.7. The second kappa shape index (κ2) is 10.5. The Hall–Kier alpha value is -3.07. The van der Waals surface area contributed by atoms with Crippen LogP contribution in [-0.4, -0.2) is 17.0 Å². The summed E-state index contributed by atoms with van der Waals surface area (Å²) >= 11 is 0. The highest BCUT2D eigenvalue weighted by atomic mass is 16.5. The van der Waals surface area contributed by atoms with Crippen molar-refractivity contribution in [3.05, 3.63) is 78.0 Å². The van der Waals surface area contributed by atoms with E-state index < -0.39 is 0 Å². The minimum absolute atomic E-state index is 0.0733. The second-order valence-corrected chi connectivity index (χ2v) is 8.50. The zero-order valence-electron chi connectivity index (χ0n) is 19.3. The van der Waals surface area contributed by atoms with Gasteiger partial charge in [-0.15, -0.1) is 0 Å². The summed E-state index contributed by atoms with van der Waals surface area (Å²) in [5.74, 6) is 0.930. The van der Waals surface area contributed by atoms with E-state index in [1.807, 2.05) is 48.7 Å². The number of ketones is 1. The Morgan fingerprint density at radius 2 is 1.44 bits per heavy atom. The normalized spacial score (nSPS) is 11.3. The van der Waals surface area contributed by atoms with Crippen LogP contribution >= 0.6 is 0 Å². The van der Waals surface area contributed by atoms with Crippen molar-refractivity contribution in [3.8, 4) is 5.75 Å². The number of aryl methyl sites for hydroxylation is 1. The van der Waals surface area contributed by atoms with Crippen molar-refractivity contribution in [2.75, 3.05) is 6.61 Å². The molecule has 0 saturated carbocycles. The van der Waals surface area contributed by atoms with Gasteiger partial charge in [-0.2, -0.15) is 0 Å². The summed E-state index contributed by atoms with van der Waals surface area (Å²) in [6, 6.07) is 20.2. The fourth-order valence-corrected chi connectivity index (χ4v) is 4.42. The Balaban J connectivity index is 1.71. The number of hydrogen-bond donors (Lipinski definition) is 0. The van der Waals surface area contributed by atoms with Gasteiger partial charge in [-0.05, 0) is 36.4 Å². The number of fused-ring (bicyclic) bond motifs is 2. The molecule has 0 unspecified atom stereocenters. The van der Waals surface area contributed by atoms with Crippen molar-refractivity contribution >= 4 is 27.5 Å². The summed E-state index contributed by atoms with van der Waals surface area (Å²) < 4.78 is 8.32. The molecule has 0 fully saturated rings. The molecule has 0 N–H and O–H groups in total. The molecule has 0 aliphatic rings. The quantitative estimate of drug-likeness (QED) is 0.181. The van der Waals surface area contributed by atoms with Gasteiger partial charge >= 0.3 is 0 Å². The SMILES string of the molecule is CCCCCOc1ccc(C(=O)c2cn(CCCCC)c3ccccc23)c2ccccc12. The van der Waals surface area contributed by atoms with Gasteiger partial charge in [0.15, 0.2) is 5.78 Å². The van der Waals surface area contributed by atoms with Crippen LogP contribution in [0, 0.1) is 0 Å². The van der Waals surface area contributed by atoms with Crippen LogP contribution in [0.25, 0.3) is 21.7 Å². The second-order valence-electron chi connectivity index (χ2n) is 8.50. The van der Waals surface area contributed by atoms with Crippen LogP contribution in [0.3, 0.4) is 0 Å². The molecular formula is C29H33NO2. The lowest BCUT2D eigenvalue weighted by Crippen LogP contribution is -2.04. The van der Waals surface area contributed by atoms with Crippen molar-refractivity contribution in [1.82, 2.24) is 4.57 Å². The summed E-state index contributed by atoms with van der Waals surface area (Å²) in [6.45, 7) is 6.05. The fourth-order valence-electron chi connectivity index (χ4n) is 4.42. The molecule has 3 aromatic carbocycles. The number of carbonyl (C=O) groups is 1. The summed E-state index contributed by atoms with van der Waals surface area (Å²) in [5.41, 5.74) is 2.64. The maximum Gasteiger partial charge on any atom is 0.195 e. The summed E-state index contributed by atoms with van der Waals surface area (Å²) in [6.07, 6.45) is 8.93. The van der Waals surface area contributed by atoms with Crippen molar-refractivity contribution in [3.63, 3.8) is 0 Å². The van der Waals surface area contributed by atoms with E-state index in [9.17, 15) is 4.79 Å². The topological polar surface area (TPSA) is 31.2 Å². The van der Waals surface area contributed by atoms with Gasteiger partial charge < -0.3 is 9.30 Å². The van der Waals surface area contributed by atoms with E-state index >= 15 is 0 Å². The fraction of sp³-hybridized carbons (Fsp3) is 0.345. The van der Waals surface area contributed by atoms with Crippen LogP contribution in [0.4, 0.5) is 0 Å². The largest absolute Gasteiger partial charge is 0.493 e. The van der Waals surface area contributed by atoms with Gasteiger partial charge in [-0.3, -0.25) is 4.79 Å². The standard InChI is InChI=1S/C29H33NO2/c1-3-5-11-19-30-21-26(23-14-9-10-16-27(23)30)29(31)25-17-18-28(32-20-12-6-4-2)24-15-8-7-13-22(24)25/h7-10,13-18,21H,3-6,11-12,19-20H2,1-2H3. The van der Waals surface area contributed by atoms with Crippen molar-refractivity contribution in [2.24, 2.45) is 0 Å². The molecule has 0 amide bonds. The van der Waals surface area contributed by atoms with Crippen molar-refractivity contribution in [1.29, 1.82) is 0 Å². The first-order valence-corrected chi connectivity index (χ1v) is 12.0. The minimum Gasteiger partial charge on any atom is -0.493 e. The van der Waals surface area contributed by atoms with E-state index in [1.165, 1.54) is 19.3 Å². The number of rotatable bonds is 11. The predicted molar refractivity (Wildman–Crippen MR) is 134 cm³/mol. The average Bonchev–Trinajstić information content (AvgIpc) is 3.20. The lowest BCUT2D eigenvalue weighted by atomic mass is 9.96. The van der Waals surface area contributed by atoms with E-state index in [0.717, 1.165) is 64.4 Å². The van der Waals surface area contributed by atoms with Crippen molar-refractivity contribution in [2.45, 2.75) is 58.9 Å². The van der Waals surface area contributed by atoms with Gasteiger partial charge in [-0.25, -0.2) is 0 Å². The van der Waals surface area contributed by atoms with Gasteiger partial charge in [0.05, 0.1) is 6.61 Å². The number of ether oxygens (including phenoxy) is 1. The number of carbonyl (C=O) groups excluding carboxylic acids is 1. The zero-order valence-corrected chi connectivity index (χ0v) is 19.3. The Labute approximate surface area is 191 Å². The highest BCUT2D eigenvalue weighted by Gasteiger charge is 2.19. The van der Waals surface area contributed by atoms with Crippen LogP contribution in [0.5, 0.6) is 5.75 Å². The highest BCUT2D eigenvalue weighted by Crippen LogP contribution is 2.32. The van der Waals surface area contributed by atoms with Crippen LogP contribution < -0.4 is 4.74 Å². The maximum absolute atomic E-state index is 13.8. The predicted octanol–water partition coefficient (Wildman–Crippen LogP) is 7.78. The average molecular weight is 428 g/mol. The van der Waals surface area contributed by atoms with E-state index in [-0.39, 0.29) is 5.78 Å². The highest BCUT2D eigenvalue weighted by molar-refractivity contribution is 6.21. The Morgan fingerprint density at radius 3 is 2.22 bits per heavy atom. The summed E-state index contributed by atoms with van der Waals surface area (Å²) in [7, 11) is 0. The monoisotopic (exact) mass is 427 g/mol. The molecular weight excluding hydrogens is 394 g/mol. The van der Waals surface area contributed by atoms with Crippen LogP contribution in [0.15, 0.2) is 66.9 Å². The number of aromatic nitrogens is 1. The molecule has 4 rings (SSSR count). The minimum atomic E-state index is 0.0733. The Morgan fingerprint density at radius 1 is 0.750 bits per heavy atom. The van der Waals surface area contributed by atoms with Gasteiger partial charge in [-0.1, -0.05) is 82.0 Å². The molecule has 3 heteroatoms. The molecule has 0 radical (unpaired) electrons. The molecule has 1 heterocycles. The number of para-hydroxylation sites is 1. The van der Waals surface area contributed by atoms with Crippen molar-refractivity contribution < 1.29 is 9.53 Å². The molecule has 32 heavy (non-hydrogen) atoms. The summed E-state index contributed by atoms with van der Waals surface area (Å²) in [4.78, 5) is 13.8. The van der Waals surface area contributed by atoms with Gasteiger partial charge in [0.1, 0.15) is 5.75 Å². The van der Waals surface area contributed by atoms with E-state index in [1.54, 1.807) is 0 Å². The molecule has 0 aliphatic heterocycles. The molecule has 3 nitrogen and oxygen atoms in total. The maximum atomic E-state index is 13.8. The molecule has 166 valence electrons. The number of benzene rings is 3. The zero-order chi connectivity index (χ0) is 22.3. The van der Waals surface area contributed by atoms with Crippen LogP contribution in [-0.2, 0) is 6.54 Å². The third-order valence-electron chi connectivity index (χ3n) is 6.17. The molecule has 0 aliphatic carbocycles. The summed E-state index contributed by atoms with van der Waals surface area (Å²) in [5, 5.41) is 2.98. The molecule has 1 aromatic heterocycles. The van der Waals surface area contributed by atoms with Gasteiger partial charge in [0.25, 0.3) is 0 Å².